The Balaban J connectivity index is 0.000000263. The first-order valence-corrected chi connectivity index (χ1v) is 31.6. The minimum absolute atomic E-state index is 0. The first-order chi connectivity index (χ1) is 33.7. The molecule has 0 saturated heterocycles. The van der Waals surface area contributed by atoms with Crippen LogP contribution in [0, 0.1) is 30.4 Å². The maximum atomic E-state index is 9.55. The second kappa shape index (κ2) is 19.8. The molecule has 0 spiro atoms. The average Bonchev–Trinajstić information content (AvgIpc) is 3.94. The van der Waals surface area contributed by atoms with E-state index >= 15 is 0 Å². The van der Waals surface area contributed by atoms with Crippen molar-refractivity contribution < 1.29 is 24.5 Å². The molecule has 7 nitrogen and oxygen atoms in total. The van der Waals surface area contributed by atoms with E-state index in [4.69, 9.17) is 14.4 Å². The Morgan fingerprint density at radius 3 is 2.06 bits per heavy atom. The van der Waals surface area contributed by atoms with Gasteiger partial charge in [-0.1, -0.05) is 75.0 Å². The van der Waals surface area contributed by atoms with Gasteiger partial charge in [0.1, 0.15) is 11.8 Å². The average molecular weight is 1170 g/mol. The van der Waals surface area contributed by atoms with E-state index in [9.17, 15) is 5.26 Å². The third-order valence-corrected chi connectivity index (χ3v) is 17.6. The summed E-state index contributed by atoms with van der Waals surface area (Å²) in [5, 5.41) is 14.8. The number of fused-ring (bicyclic) bond motifs is 7. The molecule has 9 heteroatoms. The van der Waals surface area contributed by atoms with Crippen LogP contribution in [0.15, 0.2) is 144 Å². The van der Waals surface area contributed by atoms with Crippen LogP contribution in [0.4, 0.5) is 0 Å². The minimum atomic E-state index is -1.74. The van der Waals surface area contributed by atoms with E-state index in [1.54, 1.807) is 6.07 Å². The topological polar surface area (TPSA) is 93.4 Å². The number of nitriles is 1. The van der Waals surface area contributed by atoms with Gasteiger partial charge in [-0.25, -0.2) is 4.98 Å². The van der Waals surface area contributed by atoms with E-state index in [1.807, 2.05) is 25.1 Å². The Labute approximate surface area is 432 Å². The molecule has 0 atom stereocenters. The molecule has 1 radical (unpaired) electrons. The molecule has 0 aliphatic carbocycles. The maximum Gasteiger partial charge on any atom is 0.217 e. The summed E-state index contributed by atoms with van der Waals surface area (Å²) in [6.45, 7) is 15.5. The quantitative estimate of drug-likeness (QED) is 0.111. The molecule has 5 heterocycles. The molecule has 0 aliphatic heterocycles. The second-order valence-electron chi connectivity index (χ2n) is 20.3. The van der Waals surface area contributed by atoms with Crippen LogP contribution in [0.2, 0.25) is 17.3 Å². The third kappa shape index (κ3) is 9.47. The number of rotatable bonds is 8. The van der Waals surface area contributed by atoms with Gasteiger partial charge in [-0.2, -0.15) is 5.26 Å². The molecular weight excluding hydrogens is 1110 g/mol. The largest absolute Gasteiger partial charge is 0.486 e. The first kappa shape index (κ1) is 49.2. The number of pyridine rings is 3. The number of imidazole rings is 1. The second-order valence-corrected chi connectivity index (χ2v) is 31.0. The fraction of sp³-hybridized carbons (Fsp3) is 0.210. The molecule has 71 heavy (non-hydrogen) atoms. The minimum Gasteiger partial charge on any atom is -0.486 e. The number of hydrogen-bond acceptors (Lipinski definition) is 6. The molecule has 0 N–H and O–H groups in total. The predicted molar refractivity (Wildman–Crippen MR) is 292 cm³/mol. The van der Waals surface area contributed by atoms with E-state index in [1.165, 1.54) is 43.0 Å². The van der Waals surface area contributed by atoms with Gasteiger partial charge in [-0.3, -0.25) is 9.97 Å². The van der Waals surface area contributed by atoms with E-state index < -0.39 is 13.3 Å². The van der Waals surface area contributed by atoms with Gasteiger partial charge in [-0.05, 0) is 106 Å². The standard InChI is InChI=1S/C45H34N5O.C17H22GeN.Ir/c1-25(2)37-22-31(30-15-14-28-9-6-7-10-29(28)21-30)23-38(26(3)4)41(37)50-42-35-17-13-27(5)47-39(35)19-20-40(42)49-44(50)36-12-8-11-33-34-18-16-32(24-46)48-45(34)51-43(33)36;1-13(2)14-6-8-15(9-7-14)17-11-10-16(12-19-17)18(3,4)5;/h6-11,13-23,25-26H,1-5H3;6-8,10-13H,1-5H3;/q2*-1;. The van der Waals surface area contributed by atoms with Crippen molar-refractivity contribution in [1.82, 2.24) is 24.5 Å². The summed E-state index contributed by atoms with van der Waals surface area (Å²) in [4.78, 5) is 19.4. The zero-order valence-corrected chi connectivity index (χ0v) is 46.4. The molecule has 5 aromatic heterocycles. The predicted octanol–water partition coefficient (Wildman–Crippen LogP) is 15.8. The summed E-state index contributed by atoms with van der Waals surface area (Å²) in [5.74, 6) is 8.83. The van der Waals surface area contributed by atoms with Crippen LogP contribution in [-0.4, -0.2) is 37.8 Å². The Hall–Kier alpha value is -6.76. The van der Waals surface area contributed by atoms with Crippen molar-refractivity contribution >= 4 is 72.4 Å². The van der Waals surface area contributed by atoms with Crippen LogP contribution in [0.25, 0.3) is 94.2 Å². The van der Waals surface area contributed by atoms with Gasteiger partial charge in [0.15, 0.2) is 0 Å². The van der Waals surface area contributed by atoms with Crippen molar-refractivity contribution in [3.63, 3.8) is 0 Å². The molecule has 0 saturated carbocycles. The number of aromatic nitrogens is 5. The van der Waals surface area contributed by atoms with Gasteiger partial charge in [0.05, 0.1) is 28.0 Å². The summed E-state index contributed by atoms with van der Waals surface area (Å²) < 4.78 is 10.3. The van der Waals surface area contributed by atoms with Gasteiger partial charge >= 0.3 is 119 Å². The summed E-state index contributed by atoms with van der Waals surface area (Å²) in [7, 11) is 0. The van der Waals surface area contributed by atoms with Crippen molar-refractivity contribution in [2.45, 2.75) is 83.5 Å². The van der Waals surface area contributed by atoms with Gasteiger partial charge in [0.25, 0.3) is 0 Å². The molecule has 0 fully saturated rings. The normalized spacial score (nSPS) is 11.8. The van der Waals surface area contributed by atoms with Gasteiger partial charge in [0, 0.05) is 42.3 Å². The fourth-order valence-corrected chi connectivity index (χ4v) is 11.6. The van der Waals surface area contributed by atoms with Crippen LogP contribution in [0.1, 0.15) is 87.4 Å². The summed E-state index contributed by atoms with van der Waals surface area (Å²) in [5.41, 5.74) is 15.2. The SMILES string of the molecule is CC(C)c1c[c-]c(-c2cc[c]([Ge]([CH3])([CH3])[CH3])cn2)cc1.Cc1ccc2c(ccc3nc(-c4[c-]ccc5c4oc4nc(C#N)ccc45)n(-c4c(C(C)C)cc(-c5ccc6ccccc6c5)cc4C(C)C)c32)n1.[Ir]. The zero-order valence-electron chi connectivity index (χ0n) is 41.9. The zero-order chi connectivity index (χ0) is 49.0. The van der Waals surface area contributed by atoms with Crippen LogP contribution in [-0.2, 0) is 20.1 Å². The maximum absolute atomic E-state index is 9.55. The van der Waals surface area contributed by atoms with E-state index in [0.29, 0.717) is 22.9 Å². The molecular formula is C62H56GeIrN6O-2. The molecule has 355 valence electrons. The Bertz CT molecular complexity index is 3790. The number of furan rings is 1. The van der Waals surface area contributed by atoms with Crippen LogP contribution in [0.5, 0.6) is 0 Å². The van der Waals surface area contributed by atoms with Crippen molar-refractivity contribution in [3.8, 4) is 45.5 Å². The van der Waals surface area contributed by atoms with Crippen LogP contribution < -0.4 is 4.40 Å². The number of benzene rings is 6. The van der Waals surface area contributed by atoms with Crippen molar-refractivity contribution in [2.75, 3.05) is 0 Å². The summed E-state index contributed by atoms with van der Waals surface area (Å²) in [6, 6.07) is 55.6. The molecule has 0 aliphatic rings. The Kier molecular flexibility index (Phi) is 13.7. The number of hydrogen-bond donors (Lipinski definition) is 0. The third-order valence-electron chi connectivity index (χ3n) is 13.4. The summed E-state index contributed by atoms with van der Waals surface area (Å²) in [6.07, 6.45) is 2.06. The van der Waals surface area contributed by atoms with E-state index in [2.05, 4.69) is 207 Å². The molecule has 0 bridgehead atoms. The Morgan fingerprint density at radius 2 is 1.39 bits per heavy atom. The van der Waals surface area contributed by atoms with Gasteiger partial charge in [-0.15, -0.1) is 18.2 Å². The molecule has 11 aromatic rings. The van der Waals surface area contributed by atoms with Crippen molar-refractivity contribution in [2.24, 2.45) is 0 Å². The molecule has 0 unspecified atom stereocenters. The van der Waals surface area contributed by atoms with Crippen molar-refractivity contribution in [3.05, 3.63) is 180 Å². The Morgan fingerprint density at radius 1 is 0.662 bits per heavy atom. The van der Waals surface area contributed by atoms with Crippen LogP contribution >= 0.6 is 0 Å². The van der Waals surface area contributed by atoms with Gasteiger partial charge < -0.3 is 8.98 Å². The van der Waals surface area contributed by atoms with E-state index in [-0.39, 0.29) is 31.9 Å². The number of aryl methyl sites for hydroxylation is 1. The first-order valence-electron chi connectivity index (χ1n) is 24.3. The molecule has 11 rings (SSSR count). The van der Waals surface area contributed by atoms with E-state index in [0.717, 1.165) is 66.7 Å². The van der Waals surface area contributed by atoms with Gasteiger partial charge in [0.2, 0.25) is 5.71 Å². The number of nitrogens with zero attached hydrogens (tertiary/aromatic N) is 6. The smallest absolute Gasteiger partial charge is 0.217 e. The monoisotopic (exact) mass is 1170 g/mol. The molecule has 0 amide bonds. The van der Waals surface area contributed by atoms with Crippen molar-refractivity contribution in [1.29, 1.82) is 5.26 Å². The van der Waals surface area contributed by atoms with Crippen LogP contribution in [0.3, 0.4) is 0 Å². The summed E-state index contributed by atoms with van der Waals surface area (Å²) >= 11 is -1.74. The fourth-order valence-electron chi connectivity index (χ4n) is 9.42. The molecule has 6 aromatic carbocycles.